The molecule has 1 aliphatic rings. The van der Waals surface area contributed by atoms with E-state index in [0.717, 1.165) is 50.4 Å². The summed E-state index contributed by atoms with van der Waals surface area (Å²) in [6.45, 7) is 4.01. The van der Waals surface area contributed by atoms with Crippen LogP contribution in [-0.2, 0) is 20.7 Å². The number of amides is 1. The van der Waals surface area contributed by atoms with E-state index in [1.54, 1.807) is 0 Å². The monoisotopic (exact) mass is 492 g/mol. The average molecular weight is 492 g/mol. The van der Waals surface area contributed by atoms with E-state index in [4.69, 9.17) is 16.3 Å². The summed E-state index contributed by atoms with van der Waals surface area (Å²) >= 11 is 6.24. The number of rotatable bonds is 8. The molecule has 0 radical (unpaired) electrons. The van der Waals surface area contributed by atoms with E-state index in [1.165, 1.54) is 11.6 Å². The molecule has 5 nitrogen and oxygen atoms in total. The standard InChI is InChI=1S/C23H25ClN2O3Se/c1-14-16(4-9-22(27)29-3)13-25-20(14)12-21-15(2)19(23(28)26-21)10-11-30-18-7-5-17(24)6-8-18/h5-8,12-13,25H,4,9-11H2,1-3H3,(H,26,28)/b21-12-. The van der Waals surface area contributed by atoms with Crippen LogP contribution in [0.25, 0.3) is 6.08 Å². The maximum atomic E-state index is 12.5. The van der Waals surface area contributed by atoms with Gasteiger partial charge in [0.05, 0.1) is 7.11 Å². The van der Waals surface area contributed by atoms with E-state index in [0.29, 0.717) is 27.8 Å². The molecule has 0 unspecified atom stereocenters. The van der Waals surface area contributed by atoms with Gasteiger partial charge in [-0.2, -0.15) is 0 Å². The van der Waals surface area contributed by atoms with Crippen molar-refractivity contribution in [3.8, 4) is 0 Å². The first-order valence-corrected chi connectivity index (χ1v) is 12.2. The number of carbonyl (C=O) groups excluding carboxylic acids is 2. The Hall–Kier alpha value is -2.27. The molecule has 2 N–H and O–H groups in total. The second-order valence-corrected chi connectivity index (χ2v) is 9.98. The van der Waals surface area contributed by atoms with Crippen molar-refractivity contribution >= 4 is 49.0 Å². The van der Waals surface area contributed by atoms with Crippen molar-refractivity contribution in [2.45, 2.75) is 38.4 Å². The third-order valence-electron chi connectivity index (χ3n) is 5.22. The summed E-state index contributed by atoms with van der Waals surface area (Å²) in [6.07, 6.45) is 5.61. The van der Waals surface area contributed by atoms with Crippen LogP contribution in [0.4, 0.5) is 0 Å². The SMILES string of the molecule is COC(=O)CCc1c[nH]c(/C=C2\NC(=O)C(CC[Se]c3ccc(Cl)cc3)=C2C)c1C. The van der Waals surface area contributed by atoms with E-state index < -0.39 is 0 Å². The van der Waals surface area contributed by atoms with Crippen LogP contribution in [-0.4, -0.2) is 38.9 Å². The topological polar surface area (TPSA) is 71.2 Å². The summed E-state index contributed by atoms with van der Waals surface area (Å²) in [5.74, 6) is -0.233. The first kappa shape index (κ1) is 22.4. The van der Waals surface area contributed by atoms with Gasteiger partial charge >= 0.3 is 172 Å². The quantitative estimate of drug-likeness (QED) is 0.437. The minimum atomic E-state index is -0.220. The molecule has 0 bridgehead atoms. The number of halogens is 1. The first-order chi connectivity index (χ1) is 14.4. The molecule has 1 aliphatic heterocycles. The Labute approximate surface area is 188 Å². The zero-order valence-corrected chi connectivity index (χ0v) is 19.8. The van der Waals surface area contributed by atoms with Gasteiger partial charge in [0.2, 0.25) is 0 Å². The van der Waals surface area contributed by atoms with Gasteiger partial charge in [-0.25, -0.2) is 0 Å². The molecular weight excluding hydrogens is 467 g/mol. The molecule has 3 rings (SSSR count). The molecule has 158 valence electrons. The summed E-state index contributed by atoms with van der Waals surface area (Å²) < 4.78 is 5.99. The number of aromatic amines is 1. The molecule has 0 saturated heterocycles. The summed E-state index contributed by atoms with van der Waals surface area (Å²) in [7, 11) is 1.40. The van der Waals surface area contributed by atoms with Gasteiger partial charge in [0.15, 0.2) is 0 Å². The van der Waals surface area contributed by atoms with Crippen LogP contribution in [0.2, 0.25) is 10.3 Å². The maximum absolute atomic E-state index is 12.5. The summed E-state index contributed by atoms with van der Waals surface area (Å²) in [4.78, 5) is 27.1. The van der Waals surface area contributed by atoms with Gasteiger partial charge in [-0.05, 0) is 0 Å². The fourth-order valence-corrected chi connectivity index (χ4v) is 5.27. The molecule has 7 heteroatoms. The third kappa shape index (κ3) is 5.45. The fraction of sp³-hybridized carbons (Fsp3) is 0.304. The molecule has 0 spiro atoms. The minimum absolute atomic E-state index is 0.0132. The molecule has 1 amide bonds. The molecule has 0 atom stereocenters. The molecular formula is C23H25ClN2O3Se. The predicted octanol–water partition coefficient (Wildman–Crippen LogP) is 3.71. The van der Waals surface area contributed by atoms with Crippen LogP contribution < -0.4 is 9.78 Å². The van der Waals surface area contributed by atoms with Crippen LogP contribution in [0.15, 0.2) is 47.3 Å². The number of aromatic nitrogens is 1. The Kier molecular flexibility index (Phi) is 7.59. The number of methoxy groups -OCH3 is 1. The number of allylic oxidation sites excluding steroid dienone is 1. The fourth-order valence-electron chi connectivity index (χ4n) is 3.32. The molecule has 0 aliphatic carbocycles. The van der Waals surface area contributed by atoms with Crippen LogP contribution >= 0.6 is 11.6 Å². The number of esters is 1. The Bertz CT molecular complexity index is 1010. The number of ether oxygens (including phenoxy) is 1. The van der Waals surface area contributed by atoms with E-state index >= 15 is 0 Å². The Morgan fingerprint density at radius 3 is 2.63 bits per heavy atom. The number of benzene rings is 1. The van der Waals surface area contributed by atoms with Crippen molar-refractivity contribution in [2.75, 3.05) is 7.11 Å². The van der Waals surface area contributed by atoms with E-state index in [2.05, 4.69) is 22.4 Å². The molecule has 2 aromatic rings. The average Bonchev–Trinajstić information content (AvgIpc) is 3.21. The van der Waals surface area contributed by atoms with E-state index in [1.807, 2.05) is 38.3 Å². The first-order valence-electron chi connectivity index (χ1n) is 9.74. The number of nitrogens with one attached hydrogen (secondary N) is 2. The zero-order valence-electron chi connectivity index (χ0n) is 17.3. The second-order valence-electron chi connectivity index (χ2n) is 7.10. The molecule has 0 saturated carbocycles. The molecule has 0 fully saturated rings. The van der Waals surface area contributed by atoms with Crippen molar-refractivity contribution < 1.29 is 14.3 Å². The Morgan fingerprint density at radius 1 is 1.20 bits per heavy atom. The summed E-state index contributed by atoms with van der Waals surface area (Å²) in [5.41, 5.74) is 5.77. The molecule has 30 heavy (non-hydrogen) atoms. The Morgan fingerprint density at radius 2 is 1.93 bits per heavy atom. The van der Waals surface area contributed by atoms with Crippen molar-refractivity contribution in [3.63, 3.8) is 0 Å². The molecule has 2 heterocycles. The van der Waals surface area contributed by atoms with Gasteiger partial charge in [0, 0.05) is 0 Å². The van der Waals surface area contributed by atoms with Crippen LogP contribution in [0.3, 0.4) is 0 Å². The van der Waals surface area contributed by atoms with Gasteiger partial charge < -0.3 is 4.74 Å². The predicted molar refractivity (Wildman–Crippen MR) is 121 cm³/mol. The van der Waals surface area contributed by atoms with Crippen molar-refractivity contribution in [3.05, 3.63) is 69.1 Å². The second kappa shape index (κ2) is 10.2. The summed E-state index contributed by atoms with van der Waals surface area (Å²) in [6, 6.07) is 7.92. The zero-order chi connectivity index (χ0) is 21.7. The van der Waals surface area contributed by atoms with Gasteiger partial charge in [-0.3, -0.25) is 4.79 Å². The van der Waals surface area contributed by atoms with E-state index in [-0.39, 0.29) is 11.9 Å². The van der Waals surface area contributed by atoms with Gasteiger partial charge in [-0.1, -0.05) is 0 Å². The molecule has 1 aromatic carbocycles. The van der Waals surface area contributed by atoms with Crippen molar-refractivity contribution in [2.24, 2.45) is 0 Å². The number of carbonyl (C=O) groups is 2. The third-order valence-corrected chi connectivity index (χ3v) is 7.59. The molecule has 1 aromatic heterocycles. The van der Waals surface area contributed by atoms with Crippen LogP contribution in [0.1, 0.15) is 36.6 Å². The van der Waals surface area contributed by atoms with E-state index in [9.17, 15) is 9.59 Å². The summed E-state index contributed by atoms with van der Waals surface area (Å²) in [5, 5.41) is 4.70. The van der Waals surface area contributed by atoms with Crippen LogP contribution in [0.5, 0.6) is 0 Å². The Balaban J connectivity index is 1.66. The van der Waals surface area contributed by atoms with Crippen LogP contribution in [0, 0.1) is 6.92 Å². The van der Waals surface area contributed by atoms with Gasteiger partial charge in [-0.15, -0.1) is 0 Å². The number of hydrogen-bond acceptors (Lipinski definition) is 3. The van der Waals surface area contributed by atoms with Gasteiger partial charge in [0.25, 0.3) is 0 Å². The van der Waals surface area contributed by atoms with Gasteiger partial charge in [0.1, 0.15) is 0 Å². The normalized spacial score (nSPS) is 15.1. The van der Waals surface area contributed by atoms with Crippen molar-refractivity contribution in [1.29, 1.82) is 0 Å². The number of aryl methyl sites for hydroxylation is 1. The number of H-pyrrole nitrogens is 1. The van der Waals surface area contributed by atoms with Crippen molar-refractivity contribution in [1.82, 2.24) is 10.3 Å². The number of hydrogen-bond donors (Lipinski definition) is 2.